The third-order valence-corrected chi connectivity index (χ3v) is 4.59. The minimum atomic E-state index is -0.250. The number of rotatable bonds is 4. The Kier molecular flexibility index (Phi) is 6.75. The summed E-state index contributed by atoms with van der Waals surface area (Å²) < 4.78 is 7.70. The first-order valence-electron chi connectivity index (χ1n) is 9.22. The maximum absolute atomic E-state index is 11.7. The van der Waals surface area contributed by atoms with Crippen molar-refractivity contribution in [2.24, 2.45) is 0 Å². The fourth-order valence-corrected chi connectivity index (χ4v) is 3.18. The van der Waals surface area contributed by atoms with Gasteiger partial charge in [-0.05, 0) is 12.1 Å². The zero-order valence-corrected chi connectivity index (χ0v) is 16.1. The lowest BCUT2D eigenvalue weighted by Gasteiger charge is -2.17. The molecule has 29 heavy (non-hydrogen) atoms. The largest absolute Gasteiger partial charge is 0.483 e. The summed E-state index contributed by atoms with van der Waals surface area (Å²) in [5, 5.41) is 9.51. The summed E-state index contributed by atoms with van der Waals surface area (Å²) in [4.78, 5) is 31.5. The highest BCUT2D eigenvalue weighted by atomic mass is 16.3. The SMILES string of the molecule is CNC(=O)c1cn2c(n1)CCN(Cc1coc(-c3ccccc3)n1)CC2.O=CO. The average Bonchev–Trinajstić information content (AvgIpc) is 3.33. The summed E-state index contributed by atoms with van der Waals surface area (Å²) in [6, 6.07) is 9.91. The molecule has 3 heterocycles. The van der Waals surface area contributed by atoms with Gasteiger partial charge in [-0.2, -0.15) is 0 Å². The van der Waals surface area contributed by atoms with Crippen LogP contribution in [0.25, 0.3) is 11.5 Å². The lowest BCUT2D eigenvalue weighted by Crippen LogP contribution is -2.26. The first-order valence-corrected chi connectivity index (χ1v) is 9.22. The van der Waals surface area contributed by atoms with Crippen molar-refractivity contribution in [3.05, 3.63) is 60.0 Å². The van der Waals surface area contributed by atoms with E-state index in [0.717, 1.165) is 49.7 Å². The third kappa shape index (κ3) is 5.08. The average molecular weight is 397 g/mol. The van der Waals surface area contributed by atoms with Crippen LogP contribution in [0.2, 0.25) is 0 Å². The van der Waals surface area contributed by atoms with Crippen LogP contribution in [0, 0.1) is 0 Å². The highest BCUT2D eigenvalue weighted by Gasteiger charge is 2.19. The highest BCUT2D eigenvalue weighted by molar-refractivity contribution is 5.91. The van der Waals surface area contributed by atoms with Crippen molar-refractivity contribution in [3.8, 4) is 11.5 Å². The van der Waals surface area contributed by atoms with Gasteiger partial charge in [-0.3, -0.25) is 14.5 Å². The third-order valence-electron chi connectivity index (χ3n) is 4.59. The van der Waals surface area contributed by atoms with Crippen molar-refractivity contribution in [2.45, 2.75) is 19.5 Å². The van der Waals surface area contributed by atoms with E-state index < -0.39 is 0 Å². The second-order valence-corrected chi connectivity index (χ2v) is 6.46. The van der Waals surface area contributed by atoms with Gasteiger partial charge in [0.1, 0.15) is 17.8 Å². The monoisotopic (exact) mass is 397 g/mol. The summed E-state index contributed by atoms with van der Waals surface area (Å²) in [6.07, 6.45) is 4.37. The number of hydrogen-bond donors (Lipinski definition) is 2. The number of nitrogens with zero attached hydrogens (tertiary/aromatic N) is 4. The van der Waals surface area contributed by atoms with Crippen LogP contribution in [0.1, 0.15) is 22.0 Å². The van der Waals surface area contributed by atoms with Gasteiger partial charge in [0.15, 0.2) is 0 Å². The number of carbonyl (C=O) groups is 2. The molecule has 0 bridgehead atoms. The number of carboxylic acid groups (broad SMARTS) is 1. The molecule has 0 unspecified atom stereocenters. The van der Waals surface area contributed by atoms with Gasteiger partial charge in [0.2, 0.25) is 5.89 Å². The number of hydrogen-bond acceptors (Lipinski definition) is 6. The molecule has 1 amide bonds. The second kappa shape index (κ2) is 9.65. The van der Waals surface area contributed by atoms with Crippen LogP contribution in [0.4, 0.5) is 0 Å². The molecule has 0 spiro atoms. The Hall–Kier alpha value is -3.46. The molecule has 0 radical (unpaired) electrons. The molecule has 0 atom stereocenters. The Labute approximate surface area is 168 Å². The standard InChI is InChI=1S/C19H21N5O2.CH2O2/c1-20-18(25)16-12-24-10-9-23(8-7-17(24)22-16)11-15-13-26-19(21-15)14-5-3-2-4-6-14;2-1-3/h2-6,12-13H,7-11H2,1H3,(H,20,25);1H,(H,2,3). The fourth-order valence-electron chi connectivity index (χ4n) is 3.18. The molecule has 9 heteroatoms. The minimum Gasteiger partial charge on any atom is -0.483 e. The number of oxazole rings is 1. The number of nitrogens with one attached hydrogen (secondary N) is 1. The van der Waals surface area contributed by atoms with Crippen molar-refractivity contribution in [3.63, 3.8) is 0 Å². The van der Waals surface area contributed by atoms with Crippen LogP contribution in [0.5, 0.6) is 0 Å². The predicted molar refractivity (Wildman–Crippen MR) is 105 cm³/mol. The lowest BCUT2D eigenvalue weighted by molar-refractivity contribution is -0.122. The molecule has 1 aliphatic rings. The molecule has 0 saturated carbocycles. The van der Waals surface area contributed by atoms with E-state index in [2.05, 4.69) is 24.8 Å². The van der Waals surface area contributed by atoms with Gasteiger partial charge in [0, 0.05) is 51.4 Å². The Balaban J connectivity index is 0.000000755. The van der Waals surface area contributed by atoms with Crippen molar-refractivity contribution >= 4 is 12.4 Å². The van der Waals surface area contributed by atoms with E-state index >= 15 is 0 Å². The van der Waals surface area contributed by atoms with Crippen LogP contribution in [0.3, 0.4) is 0 Å². The Morgan fingerprint density at radius 1 is 1.24 bits per heavy atom. The number of amides is 1. The quantitative estimate of drug-likeness (QED) is 0.644. The van der Waals surface area contributed by atoms with Crippen LogP contribution in [-0.2, 0) is 24.3 Å². The van der Waals surface area contributed by atoms with Gasteiger partial charge in [-0.25, -0.2) is 9.97 Å². The predicted octanol–water partition coefficient (Wildman–Crippen LogP) is 1.66. The van der Waals surface area contributed by atoms with E-state index in [0.29, 0.717) is 11.6 Å². The molecule has 4 rings (SSSR count). The topological polar surface area (TPSA) is 113 Å². The smallest absolute Gasteiger partial charge is 0.290 e. The molecule has 3 aromatic rings. The number of carbonyl (C=O) groups excluding carboxylic acids is 1. The van der Waals surface area contributed by atoms with Crippen molar-refractivity contribution in [2.75, 3.05) is 20.1 Å². The molecular weight excluding hydrogens is 374 g/mol. The van der Waals surface area contributed by atoms with Gasteiger partial charge < -0.3 is 19.4 Å². The van der Waals surface area contributed by atoms with Gasteiger partial charge in [0.05, 0.1) is 5.69 Å². The second-order valence-electron chi connectivity index (χ2n) is 6.46. The first-order chi connectivity index (χ1) is 14.1. The Morgan fingerprint density at radius 3 is 2.72 bits per heavy atom. The Morgan fingerprint density at radius 2 is 2.00 bits per heavy atom. The number of fused-ring (bicyclic) bond motifs is 1. The molecule has 1 aromatic carbocycles. The highest BCUT2D eigenvalue weighted by Crippen LogP contribution is 2.19. The normalized spacial score (nSPS) is 13.6. The van der Waals surface area contributed by atoms with E-state index in [1.165, 1.54) is 0 Å². The van der Waals surface area contributed by atoms with E-state index in [4.69, 9.17) is 14.3 Å². The minimum absolute atomic E-state index is 0.140. The first kappa shape index (κ1) is 20.3. The van der Waals surface area contributed by atoms with E-state index in [9.17, 15) is 4.79 Å². The summed E-state index contributed by atoms with van der Waals surface area (Å²) in [7, 11) is 1.62. The molecule has 1 aliphatic heterocycles. The van der Waals surface area contributed by atoms with Gasteiger partial charge in [0.25, 0.3) is 12.4 Å². The molecule has 2 N–H and O–H groups in total. The number of benzene rings is 1. The van der Waals surface area contributed by atoms with Crippen LogP contribution >= 0.6 is 0 Å². The van der Waals surface area contributed by atoms with E-state index in [1.54, 1.807) is 13.3 Å². The van der Waals surface area contributed by atoms with Gasteiger partial charge in [-0.15, -0.1) is 0 Å². The maximum Gasteiger partial charge on any atom is 0.290 e. The number of aromatic nitrogens is 3. The fraction of sp³-hybridized carbons (Fsp3) is 0.300. The molecule has 0 saturated heterocycles. The molecule has 9 nitrogen and oxygen atoms in total. The van der Waals surface area contributed by atoms with Crippen molar-refractivity contribution in [1.82, 2.24) is 24.8 Å². The molecular formula is C20H23N5O4. The summed E-state index contributed by atoms with van der Waals surface area (Å²) in [6.45, 7) is 3.05. The van der Waals surface area contributed by atoms with Crippen molar-refractivity contribution in [1.29, 1.82) is 0 Å². The Bertz CT molecular complexity index is 925. The van der Waals surface area contributed by atoms with Gasteiger partial charge in [-0.1, -0.05) is 18.2 Å². The molecule has 2 aromatic heterocycles. The summed E-state index contributed by atoms with van der Waals surface area (Å²) >= 11 is 0. The zero-order valence-electron chi connectivity index (χ0n) is 16.1. The summed E-state index contributed by atoms with van der Waals surface area (Å²) in [5.41, 5.74) is 2.39. The van der Waals surface area contributed by atoms with E-state index in [1.807, 2.05) is 36.5 Å². The maximum atomic E-state index is 11.7. The van der Waals surface area contributed by atoms with Crippen LogP contribution in [-0.4, -0.2) is 57.1 Å². The molecule has 0 fully saturated rings. The summed E-state index contributed by atoms with van der Waals surface area (Å²) in [5.74, 6) is 1.47. The van der Waals surface area contributed by atoms with Crippen LogP contribution in [0.15, 0.2) is 47.2 Å². The number of imidazole rings is 1. The molecule has 0 aliphatic carbocycles. The van der Waals surface area contributed by atoms with Crippen LogP contribution < -0.4 is 5.32 Å². The zero-order chi connectivity index (χ0) is 20.6. The lowest BCUT2D eigenvalue weighted by atomic mass is 10.2. The van der Waals surface area contributed by atoms with E-state index in [-0.39, 0.29) is 12.4 Å². The molecule has 152 valence electrons. The van der Waals surface area contributed by atoms with Gasteiger partial charge >= 0.3 is 0 Å². The van der Waals surface area contributed by atoms with Crippen molar-refractivity contribution < 1.29 is 19.1 Å².